The van der Waals surface area contributed by atoms with E-state index in [2.05, 4.69) is 0 Å². The van der Waals surface area contributed by atoms with Crippen molar-refractivity contribution in [2.24, 2.45) is 0 Å². The Morgan fingerprint density at radius 2 is 2.07 bits per heavy atom. The molecule has 5 heteroatoms. The lowest BCUT2D eigenvalue weighted by Gasteiger charge is -2.17. The van der Waals surface area contributed by atoms with Gasteiger partial charge in [0.1, 0.15) is 0 Å². The maximum atomic E-state index is 11.6. The summed E-state index contributed by atoms with van der Waals surface area (Å²) in [5, 5.41) is 9.62. The number of aliphatic hydroxyl groups is 1. The van der Waals surface area contributed by atoms with Crippen LogP contribution in [0, 0.1) is 0 Å². The van der Waals surface area contributed by atoms with Crippen LogP contribution in [0.2, 0.25) is 0 Å². The van der Waals surface area contributed by atoms with E-state index < -0.39 is 5.56 Å². The van der Waals surface area contributed by atoms with Gasteiger partial charge < -0.3 is 5.11 Å². The first kappa shape index (κ1) is 10.3. The molecule has 0 saturated carbocycles. The SMILES string of the molecule is CN1SC(O)N(Cc2ccccc2)C1=O. The molecule has 1 atom stereocenters. The Balaban J connectivity index is 2.09. The van der Waals surface area contributed by atoms with E-state index in [1.807, 2.05) is 30.3 Å². The smallest absolute Gasteiger partial charge is 0.332 e. The van der Waals surface area contributed by atoms with Crippen LogP contribution in [-0.2, 0) is 6.54 Å². The monoisotopic (exact) mass is 224 g/mol. The average molecular weight is 224 g/mol. The van der Waals surface area contributed by atoms with Gasteiger partial charge in [0.2, 0.25) is 0 Å². The minimum Gasteiger partial charge on any atom is -0.363 e. The van der Waals surface area contributed by atoms with Gasteiger partial charge in [0.15, 0.2) is 5.56 Å². The van der Waals surface area contributed by atoms with Crippen LogP contribution in [0.1, 0.15) is 5.56 Å². The zero-order valence-corrected chi connectivity index (χ0v) is 9.15. The summed E-state index contributed by atoms with van der Waals surface area (Å²) in [5.41, 5.74) is 0.239. The van der Waals surface area contributed by atoms with Crippen LogP contribution in [0.3, 0.4) is 0 Å². The van der Waals surface area contributed by atoms with Crippen molar-refractivity contribution in [3.8, 4) is 0 Å². The number of carbonyl (C=O) groups is 1. The number of aliphatic hydroxyl groups excluding tert-OH is 1. The molecule has 0 spiro atoms. The zero-order chi connectivity index (χ0) is 10.8. The second-order valence-electron chi connectivity index (χ2n) is 3.33. The summed E-state index contributed by atoms with van der Waals surface area (Å²) in [7, 11) is 1.65. The summed E-state index contributed by atoms with van der Waals surface area (Å²) in [6.07, 6.45) is 0. The highest BCUT2D eigenvalue weighted by molar-refractivity contribution is 7.98. The van der Waals surface area contributed by atoms with Crippen molar-refractivity contribution in [2.45, 2.75) is 12.1 Å². The largest absolute Gasteiger partial charge is 0.363 e. The molecule has 1 unspecified atom stereocenters. The zero-order valence-electron chi connectivity index (χ0n) is 8.33. The number of urea groups is 1. The number of nitrogens with zero attached hydrogens (tertiary/aromatic N) is 2. The fourth-order valence-corrected chi connectivity index (χ4v) is 2.20. The summed E-state index contributed by atoms with van der Waals surface area (Å²) in [6.45, 7) is 0.443. The fraction of sp³-hybridized carbons (Fsp3) is 0.300. The molecule has 80 valence electrons. The van der Waals surface area contributed by atoms with Gasteiger partial charge in [0.25, 0.3) is 0 Å². The molecule has 0 radical (unpaired) electrons. The first-order chi connectivity index (χ1) is 7.18. The van der Waals surface area contributed by atoms with E-state index in [0.29, 0.717) is 6.54 Å². The van der Waals surface area contributed by atoms with E-state index in [9.17, 15) is 9.90 Å². The second-order valence-corrected chi connectivity index (χ2v) is 4.51. The molecule has 0 aliphatic carbocycles. The van der Waals surface area contributed by atoms with Gasteiger partial charge in [0.05, 0.1) is 6.54 Å². The first-order valence-electron chi connectivity index (χ1n) is 4.61. The molecule has 1 aromatic carbocycles. The Labute approximate surface area is 92.6 Å². The first-order valence-corrected chi connectivity index (χ1v) is 5.45. The third kappa shape index (κ3) is 2.08. The molecule has 2 rings (SSSR count). The topological polar surface area (TPSA) is 43.8 Å². The van der Waals surface area contributed by atoms with Gasteiger partial charge in [-0.2, -0.15) is 0 Å². The number of hydrogen-bond donors (Lipinski definition) is 1. The Bertz CT molecular complexity index is 358. The standard InChI is InChI=1S/C10H12N2O2S/c1-11-9(13)12(10(14)15-11)7-8-5-3-2-4-6-8/h2-6,10,14H,7H2,1H3. The number of hydrogen-bond acceptors (Lipinski definition) is 3. The van der Waals surface area contributed by atoms with Crippen LogP contribution < -0.4 is 0 Å². The molecule has 1 saturated heterocycles. The minimum atomic E-state index is -0.775. The van der Waals surface area contributed by atoms with Crippen molar-refractivity contribution in [3.05, 3.63) is 35.9 Å². The molecule has 1 heterocycles. The van der Waals surface area contributed by atoms with Crippen LogP contribution in [0.4, 0.5) is 4.79 Å². The van der Waals surface area contributed by atoms with Gasteiger partial charge in [0, 0.05) is 19.0 Å². The van der Waals surface area contributed by atoms with Gasteiger partial charge in [-0.15, -0.1) is 0 Å². The fourth-order valence-electron chi connectivity index (χ4n) is 1.44. The van der Waals surface area contributed by atoms with E-state index in [0.717, 1.165) is 17.5 Å². The minimum absolute atomic E-state index is 0.156. The number of rotatable bonds is 2. The van der Waals surface area contributed by atoms with Crippen molar-refractivity contribution < 1.29 is 9.90 Å². The molecule has 1 N–H and O–H groups in total. The summed E-state index contributed by atoms with van der Waals surface area (Å²) in [4.78, 5) is 13.0. The molecular formula is C10H12N2O2S. The van der Waals surface area contributed by atoms with Crippen LogP contribution in [-0.4, -0.2) is 33.0 Å². The Morgan fingerprint density at radius 1 is 1.40 bits per heavy atom. The normalized spacial score (nSPS) is 21.2. The van der Waals surface area contributed by atoms with Gasteiger partial charge in [-0.05, 0) is 5.56 Å². The molecule has 0 aromatic heterocycles. The van der Waals surface area contributed by atoms with Gasteiger partial charge in [-0.3, -0.25) is 9.21 Å². The van der Waals surface area contributed by atoms with E-state index in [-0.39, 0.29) is 6.03 Å². The molecule has 15 heavy (non-hydrogen) atoms. The quantitative estimate of drug-likeness (QED) is 0.774. The maximum Gasteiger partial charge on any atom is 0.332 e. The summed E-state index contributed by atoms with van der Waals surface area (Å²) in [6, 6.07) is 9.47. The third-order valence-electron chi connectivity index (χ3n) is 2.23. The molecule has 1 aromatic rings. The molecule has 0 bridgehead atoms. The summed E-state index contributed by atoms with van der Waals surface area (Å²) in [5.74, 6) is 0. The Hall–Kier alpha value is -1.20. The van der Waals surface area contributed by atoms with E-state index in [1.165, 1.54) is 9.21 Å². The van der Waals surface area contributed by atoms with Gasteiger partial charge in [-0.1, -0.05) is 30.3 Å². The van der Waals surface area contributed by atoms with Crippen molar-refractivity contribution in [2.75, 3.05) is 7.05 Å². The van der Waals surface area contributed by atoms with Gasteiger partial charge >= 0.3 is 6.03 Å². The lowest BCUT2D eigenvalue weighted by molar-refractivity contribution is 0.101. The third-order valence-corrected chi connectivity index (χ3v) is 3.15. The molecule has 1 fully saturated rings. The number of benzene rings is 1. The van der Waals surface area contributed by atoms with Crippen molar-refractivity contribution >= 4 is 18.0 Å². The predicted octanol–water partition coefficient (Wildman–Crippen LogP) is 1.48. The van der Waals surface area contributed by atoms with Crippen LogP contribution in [0.5, 0.6) is 0 Å². The number of amides is 2. The highest BCUT2D eigenvalue weighted by Crippen LogP contribution is 2.28. The average Bonchev–Trinajstić information content (AvgIpc) is 2.47. The molecule has 1 aliphatic heterocycles. The van der Waals surface area contributed by atoms with Crippen molar-refractivity contribution in [1.82, 2.24) is 9.21 Å². The Kier molecular flexibility index (Phi) is 2.83. The maximum absolute atomic E-state index is 11.6. The Morgan fingerprint density at radius 3 is 2.60 bits per heavy atom. The summed E-state index contributed by atoms with van der Waals surface area (Å²) < 4.78 is 1.44. The second kappa shape index (κ2) is 4.12. The highest BCUT2D eigenvalue weighted by atomic mass is 32.2. The van der Waals surface area contributed by atoms with Crippen LogP contribution >= 0.6 is 11.9 Å². The highest BCUT2D eigenvalue weighted by Gasteiger charge is 2.34. The molecule has 2 amide bonds. The van der Waals surface area contributed by atoms with Crippen molar-refractivity contribution in [3.63, 3.8) is 0 Å². The van der Waals surface area contributed by atoms with Crippen LogP contribution in [0.25, 0.3) is 0 Å². The molecular weight excluding hydrogens is 212 g/mol. The van der Waals surface area contributed by atoms with E-state index >= 15 is 0 Å². The lowest BCUT2D eigenvalue weighted by Crippen LogP contribution is -2.33. The predicted molar refractivity (Wildman–Crippen MR) is 58.7 cm³/mol. The van der Waals surface area contributed by atoms with Crippen molar-refractivity contribution in [1.29, 1.82) is 0 Å². The lowest BCUT2D eigenvalue weighted by atomic mass is 10.2. The molecule has 4 nitrogen and oxygen atoms in total. The van der Waals surface area contributed by atoms with E-state index in [4.69, 9.17) is 0 Å². The number of carbonyl (C=O) groups excluding carboxylic acids is 1. The van der Waals surface area contributed by atoms with Crippen LogP contribution in [0.15, 0.2) is 30.3 Å². The molecule has 1 aliphatic rings. The summed E-state index contributed by atoms with van der Waals surface area (Å²) >= 11 is 1.12. The van der Waals surface area contributed by atoms with Gasteiger partial charge in [-0.25, -0.2) is 4.79 Å². The van der Waals surface area contributed by atoms with E-state index in [1.54, 1.807) is 7.05 Å².